The SMILES string of the molecule is COc1cc(O)c2c(=O)oc3c(OC)c(OC)cc(C)c3c2c1. The Morgan fingerprint density at radius 1 is 1.00 bits per heavy atom. The zero-order valence-corrected chi connectivity index (χ0v) is 13.2. The van der Waals surface area contributed by atoms with Crippen LogP contribution in [0.3, 0.4) is 0 Å². The van der Waals surface area contributed by atoms with Crippen molar-refractivity contribution in [3.63, 3.8) is 0 Å². The Bertz CT molecular complexity index is 971. The Kier molecular flexibility index (Phi) is 3.52. The minimum Gasteiger partial charge on any atom is -0.507 e. The van der Waals surface area contributed by atoms with E-state index >= 15 is 0 Å². The van der Waals surface area contributed by atoms with E-state index in [2.05, 4.69) is 0 Å². The van der Waals surface area contributed by atoms with Crippen molar-refractivity contribution < 1.29 is 23.7 Å². The van der Waals surface area contributed by atoms with Crippen LogP contribution >= 0.6 is 0 Å². The lowest BCUT2D eigenvalue weighted by Crippen LogP contribution is -2.03. The molecule has 0 aliphatic heterocycles. The van der Waals surface area contributed by atoms with Crippen molar-refractivity contribution in [1.82, 2.24) is 0 Å². The lowest BCUT2D eigenvalue weighted by Gasteiger charge is -2.14. The molecule has 0 fully saturated rings. The smallest absolute Gasteiger partial charge is 0.348 e. The first-order chi connectivity index (χ1) is 11.0. The molecule has 0 aliphatic carbocycles. The largest absolute Gasteiger partial charge is 0.507 e. The minimum absolute atomic E-state index is 0.105. The number of rotatable bonds is 3. The molecule has 1 N–H and O–H groups in total. The summed E-state index contributed by atoms with van der Waals surface area (Å²) < 4.78 is 21.2. The monoisotopic (exact) mass is 316 g/mol. The van der Waals surface area contributed by atoms with Crippen molar-refractivity contribution in [1.29, 1.82) is 0 Å². The number of methoxy groups -OCH3 is 3. The molecule has 2 aromatic carbocycles. The molecular formula is C17H16O6. The van der Waals surface area contributed by atoms with E-state index in [4.69, 9.17) is 18.6 Å². The van der Waals surface area contributed by atoms with E-state index < -0.39 is 5.63 Å². The van der Waals surface area contributed by atoms with Gasteiger partial charge in [0.05, 0.1) is 21.3 Å². The fourth-order valence-corrected chi connectivity index (χ4v) is 2.79. The number of fused-ring (bicyclic) bond motifs is 3. The first-order valence-corrected chi connectivity index (χ1v) is 6.91. The molecule has 0 aliphatic rings. The third kappa shape index (κ3) is 2.14. The summed E-state index contributed by atoms with van der Waals surface area (Å²) in [5.74, 6) is 1.04. The number of hydrogen-bond donors (Lipinski definition) is 1. The minimum atomic E-state index is -0.654. The van der Waals surface area contributed by atoms with Gasteiger partial charge in [0.15, 0.2) is 11.3 Å². The molecule has 120 valence electrons. The number of aryl methyl sites for hydroxylation is 1. The lowest BCUT2D eigenvalue weighted by atomic mass is 10.0. The molecule has 1 aromatic heterocycles. The molecule has 0 radical (unpaired) electrons. The molecular weight excluding hydrogens is 300 g/mol. The van der Waals surface area contributed by atoms with E-state index in [1.807, 2.05) is 6.92 Å². The molecule has 0 bridgehead atoms. The molecule has 0 amide bonds. The molecule has 0 spiro atoms. The number of aromatic hydroxyl groups is 1. The number of phenolic OH excluding ortho intramolecular Hbond substituents is 1. The van der Waals surface area contributed by atoms with Gasteiger partial charge in [0.25, 0.3) is 0 Å². The first-order valence-electron chi connectivity index (χ1n) is 6.91. The third-order valence-corrected chi connectivity index (χ3v) is 3.82. The summed E-state index contributed by atoms with van der Waals surface area (Å²) in [5, 5.41) is 11.4. The molecule has 3 rings (SSSR count). The second-order valence-electron chi connectivity index (χ2n) is 5.09. The maximum atomic E-state index is 12.3. The van der Waals surface area contributed by atoms with Crippen LogP contribution in [0.2, 0.25) is 0 Å². The van der Waals surface area contributed by atoms with Crippen LogP contribution in [0.4, 0.5) is 0 Å². The number of phenols is 1. The fourth-order valence-electron chi connectivity index (χ4n) is 2.79. The van der Waals surface area contributed by atoms with Gasteiger partial charge >= 0.3 is 5.63 Å². The molecule has 1 heterocycles. The van der Waals surface area contributed by atoms with Gasteiger partial charge in [-0.25, -0.2) is 4.79 Å². The van der Waals surface area contributed by atoms with Crippen LogP contribution in [0.5, 0.6) is 23.0 Å². The maximum absolute atomic E-state index is 12.3. The topological polar surface area (TPSA) is 78.1 Å². The zero-order valence-electron chi connectivity index (χ0n) is 13.2. The summed E-state index contributed by atoms with van der Waals surface area (Å²) in [4.78, 5) is 12.3. The first kappa shape index (κ1) is 15.0. The van der Waals surface area contributed by atoms with E-state index in [1.165, 1.54) is 27.4 Å². The van der Waals surface area contributed by atoms with E-state index in [1.54, 1.807) is 12.1 Å². The number of ether oxygens (including phenoxy) is 3. The van der Waals surface area contributed by atoms with Gasteiger partial charge in [-0.3, -0.25) is 0 Å². The van der Waals surface area contributed by atoms with E-state index in [9.17, 15) is 9.90 Å². The normalized spacial score (nSPS) is 11.0. The summed E-state index contributed by atoms with van der Waals surface area (Å²) in [6, 6.07) is 4.85. The predicted octanol–water partition coefficient (Wildman–Crippen LogP) is 2.99. The number of benzene rings is 2. The van der Waals surface area contributed by atoms with E-state index in [0.29, 0.717) is 28.0 Å². The van der Waals surface area contributed by atoms with Crippen LogP contribution in [0.15, 0.2) is 27.4 Å². The van der Waals surface area contributed by atoms with Crippen LogP contribution < -0.4 is 19.8 Å². The van der Waals surface area contributed by atoms with Gasteiger partial charge in [-0.2, -0.15) is 0 Å². The number of hydrogen-bond acceptors (Lipinski definition) is 6. The van der Waals surface area contributed by atoms with Crippen LogP contribution in [0, 0.1) is 6.92 Å². The molecule has 0 atom stereocenters. The van der Waals surface area contributed by atoms with E-state index in [0.717, 1.165) is 5.56 Å². The molecule has 3 aromatic rings. The van der Waals surface area contributed by atoms with Gasteiger partial charge in [-0.1, -0.05) is 0 Å². The van der Waals surface area contributed by atoms with Crippen LogP contribution in [0.1, 0.15) is 5.56 Å². The average molecular weight is 316 g/mol. The summed E-state index contributed by atoms with van der Waals surface area (Å²) >= 11 is 0. The van der Waals surface area contributed by atoms with Gasteiger partial charge < -0.3 is 23.7 Å². The van der Waals surface area contributed by atoms with Gasteiger partial charge in [-0.05, 0) is 24.6 Å². The summed E-state index contributed by atoms with van der Waals surface area (Å²) in [7, 11) is 4.47. The van der Waals surface area contributed by atoms with Crippen LogP contribution in [-0.2, 0) is 0 Å². The Morgan fingerprint density at radius 2 is 1.74 bits per heavy atom. The Morgan fingerprint density at radius 3 is 2.35 bits per heavy atom. The fraction of sp³-hybridized carbons (Fsp3) is 0.235. The zero-order chi connectivity index (χ0) is 16.7. The highest BCUT2D eigenvalue weighted by Crippen LogP contribution is 2.41. The van der Waals surface area contributed by atoms with Gasteiger partial charge in [-0.15, -0.1) is 0 Å². The summed E-state index contributed by atoms with van der Waals surface area (Å²) in [5.41, 5.74) is 0.437. The second-order valence-corrected chi connectivity index (χ2v) is 5.09. The highest BCUT2D eigenvalue weighted by Gasteiger charge is 2.20. The molecule has 23 heavy (non-hydrogen) atoms. The second kappa shape index (κ2) is 5.39. The molecule has 0 unspecified atom stereocenters. The summed E-state index contributed by atoms with van der Waals surface area (Å²) in [6.45, 7) is 1.86. The molecule has 0 saturated heterocycles. The lowest BCUT2D eigenvalue weighted by molar-refractivity contribution is 0.352. The van der Waals surface area contributed by atoms with Crippen molar-refractivity contribution >= 4 is 21.7 Å². The Labute approximate surface area is 131 Å². The van der Waals surface area contributed by atoms with Gasteiger partial charge in [0.1, 0.15) is 16.9 Å². The average Bonchev–Trinajstić information content (AvgIpc) is 2.53. The van der Waals surface area contributed by atoms with Crippen LogP contribution in [0.25, 0.3) is 21.7 Å². The highest BCUT2D eigenvalue weighted by atomic mass is 16.5. The molecule has 6 nitrogen and oxygen atoms in total. The van der Waals surface area contributed by atoms with Crippen molar-refractivity contribution in [3.8, 4) is 23.0 Å². The highest BCUT2D eigenvalue weighted by molar-refractivity contribution is 6.10. The van der Waals surface area contributed by atoms with Crippen molar-refractivity contribution in [2.45, 2.75) is 6.92 Å². The Hall–Kier alpha value is -2.89. The van der Waals surface area contributed by atoms with Crippen molar-refractivity contribution in [3.05, 3.63) is 34.2 Å². The standard InChI is InChI=1S/C17H16O6/c1-8-5-12(21-3)15(22-4)16-13(8)10-6-9(20-2)7-11(18)14(10)17(19)23-16/h5-7,18H,1-4H3. The van der Waals surface area contributed by atoms with Crippen LogP contribution in [-0.4, -0.2) is 26.4 Å². The maximum Gasteiger partial charge on any atom is 0.348 e. The molecule has 0 saturated carbocycles. The molecule has 6 heteroatoms. The predicted molar refractivity (Wildman–Crippen MR) is 86.0 cm³/mol. The Balaban J connectivity index is 2.63. The quantitative estimate of drug-likeness (QED) is 0.591. The van der Waals surface area contributed by atoms with Crippen molar-refractivity contribution in [2.24, 2.45) is 0 Å². The third-order valence-electron chi connectivity index (χ3n) is 3.82. The summed E-state index contributed by atoms with van der Waals surface area (Å²) in [6.07, 6.45) is 0. The van der Waals surface area contributed by atoms with Gasteiger partial charge in [0.2, 0.25) is 5.75 Å². The van der Waals surface area contributed by atoms with E-state index in [-0.39, 0.29) is 16.7 Å². The van der Waals surface area contributed by atoms with Crippen molar-refractivity contribution in [2.75, 3.05) is 21.3 Å². The van der Waals surface area contributed by atoms with Gasteiger partial charge in [0, 0.05) is 16.8 Å².